The lowest BCUT2D eigenvalue weighted by atomic mass is 10.1. The van der Waals surface area contributed by atoms with E-state index in [1.807, 2.05) is 56.4 Å². The van der Waals surface area contributed by atoms with E-state index in [0.717, 1.165) is 81.0 Å². The third-order valence-corrected chi connectivity index (χ3v) is 8.41. The Bertz CT molecular complexity index is 1850. The predicted octanol–water partition coefficient (Wildman–Crippen LogP) is 5.50. The van der Waals surface area contributed by atoms with Gasteiger partial charge in [-0.15, -0.1) is 0 Å². The maximum atomic E-state index is 12.7. The van der Waals surface area contributed by atoms with Gasteiger partial charge in [0.2, 0.25) is 5.96 Å². The average molecular weight is 647 g/mol. The standard InChI is InChI=1S/C17H19N3O3S.C16H23N5O/c1-10-8-18-15(11(2)16(10)23-4)9-24(21)17-19-13-6-5-12(22-3)7-14(13)20-17;1-3-4-5-8-18-16(17)21-20-11-12-10-19-15-7-6-13(22-2)9-14(12)15/h5-8H,9H2,1-4H3,(H,19,20);6-7,9-11,19H,3-5,8H2,1-2H3,(H3,17,18,21)/b;20-11-. The first-order valence-electron chi connectivity index (χ1n) is 14.9. The predicted molar refractivity (Wildman–Crippen MR) is 185 cm³/mol. The fourth-order valence-electron chi connectivity index (χ4n) is 4.73. The molecule has 1 unspecified atom stereocenters. The largest absolute Gasteiger partial charge is 0.497 e. The molecule has 5 rings (SSSR count). The molecule has 0 amide bonds. The van der Waals surface area contributed by atoms with Crippen molar-refractivity contribution in [2.75, 3.05) is 27.9 Å². The number of hydrogen-bond donors (Lipinski definition) is 4. The zero-order valence-electron chi connectivity index (χ0n) is 27.1. The maximum Gasteiger partial charge on any atom is 0.209 e. The minimum Gasteiger partial charge on any atom is -0.497 e. The van der Waals surface area contributed by atoms with Gasteiger partial charge >= 0.3 is 0 Å². The Kier molecular flexibility index (Phi) is 12.1. The number of ether oxygens (including phenoxy) is 3. The first-order chi connectivity index (χ1) is 22.3. The second-order valence-electron chi connectivity index (χ2n) is 10.5. The summed E-state index contributed by atoms with van der Waals surface area (Å²) in [5.41, 5.74) is 14.6. The molecule has 12 nitrogen and oxygen atoms in total. The highest BCUT2D eigenvalue weighted by atomic mass is 32.2. The number of nitrogens with two attached hydrogens (primary N) is 1. The van der Waals surface area contributed by atoms with E-state index in [9.17, 15) is 4.21 Å². The van der Waals surface area contributed by atoms with Gasteiger partial charge in [0, 0.05) is 52.6 Å². The summed E-state index contributed by atoms with van der Waals surface area (Å²) in [6, 6.07) is 11.4. The highest BCUT2D eigenvalue weighted by molar-refractivity contribution is 7.84. The van der Waals surface area contributed by atoms with Crippen molar-refractivity contribution in [2.24, 2.45) is 15.8 Å². The summed E-state index contributed by atoms with van der Waals surface area (Å²) in [5, 5.41) is 5.60. The highest BCUT2D eigenvalue weighted by Gasteiger charge is 2.16. The number of aromatic amines is 2. The summed E-state index contributed by atoms with van der Waals surface area (Å²) in [4.78, 5) is 19.3. The van der Waals surface area contributed by atoms with Crippen LogP contribution in [0.1, 0.15) is 48.6 Å². The zero-order valence-corrected chi connectivity index (χ0v) is 28.0. The molecule has 0 saturated carbocycles. The molecule has 0 aliphatic rings. The summed E-state index contributed by atoms with van der Waals surface area (Å²) in [6.45, 7) is 6.75. The smallest absolute Gasteiger partial charge is 0.209 e. The summed E-state index contributed by atoms with van der Waals surface area (Å²) >= 11 is 0. The van der Waals surface area contributed by atoms with E-state index >= 15 is 0 Å². The van der Waals surface area contributed by atoms with Gasteiger partial charge in [0.15, 0.2) is 5.16 Å². The number of methoxy groups -OCH3 is 3. The Morgan fingerprint density at radius 3 is 2.54 bits per heavy atom. The molecule has 244 valence electrons. The number of aliphatic imine (C=N–C) groups is 1. The zero-order chi connectivity index (χ0) is 33.1. The molecule has 0 radical (unpaired) electrons. The molecule has 5 aromatic rings. The summed E-state index contributed by atoms with van der Waals surface area (Å²) in [6.07, 6.45) is 8.73. The lowest BCUT2D eigenvalue weighted by Gasteiger charge is -2.11. The molecule has 0 bridgehead atoms. The Balaban J connectivity index is 0.000000210. The van der Waals surface area contributed by atoms with Gasteiger partial charge in [-0.25, -0.2) is 10.4 Å². The minimum atomic E-state index is -1.33. The summed E-state index contributed by atoms with van der Waals surface area (Å²) in [5.74, 6) is 2.94. The molecule has 0 saturated heterocycles. The van der Waals surface area contributed by atoms with Crippen molar-refractivity contribution < 1.29 is 18.4 Å². The third-order valence-electron chi connectivity index (χ3n) is 7.25. The van der Waals surface area contributed by atoms with E-state index in [4.69, 9.17) is 19.9 Å². The quantitative estimate of drug-likeness (QED) is 0.0597. The minimum absolute atomic E-state index is 0.277. The van der Waals surface area contributed by atoms with Gasteiger partial charge in [0.25, 0.3) is 0 Å². The molecule has 1 atom stereocenters. The Labute approximate surface area is 271 Å². The van der Waals surface area contributed by atoms with E-state index in [1.54, 1.807) is 33.7 Å². The molecule has 2 aromatic carbocycles. The highest BCUT2D eigenvalue weighted by Crippen LogP contribution is 2.26. The number of benzene rings is 2. The number of guanidine groups is 1. The van der Waals surface area contributed by atoms with Crippen molar-refractivity contribution in [3.05, 3.63) is 71.2 Å². The maximum absolute atomic E-state index is 12.7. The number of unbranched alkanes of at least 4 members (excludes halogenated alkanes) is 2. The van der Waals surface area contributed by atoms with Gasteiger partial charge < -0.3 is 29.9 Å². The molecule has 0 aliphatic carbocycles. The van der Waals surface area contributed by atoms with Crippen molar-refractivity contribution in [1.82, 2.24) is 25.4 Å². The molecule has 3 heterocycles. The van der Waals surface area contributed by atoms with Crippen molar-refractivity contribution >= 4 is 44.9 Å². The van der Waals surface area contributed by atoms with E-state index < -0.39 is 10.8 Å². The molecule has 5 N–H and O–H groups in total. The lowest BCUT2D eigenvalue weighted by molar-refractivity contribution is 0.407. The first kappa shape index (κ1) is 34.0. The summed E-state index contributed by atoms with van der Waals surface area (Å²) in [7, 11) is 3.56. The van der Waals surface area contributed by atoms with Crippen LogP contribution in [0.3, 0.4) is 0 Å². The second kappa shape index (κ2) is 16.4. The van der Waals surface area contributed by atoms with Crippen LogP contribution in [0.5, 0.6) is 17.2 Å². The molecule has 0 aliphatic heterocycles. The van der Waals surface area contributed by atoms with E-state index in [-0.39, 0.29) is 5.75 Å². The van der Waals surface area contributed by atoms with Crippen molar-refractivity contribution in [2.45, 2.75) is 50.9 Å². The number of fused-ring (bicyclic) bond motifs is 2. The van der Waals surface area contributed by atoms with Gasteiger partial charge in [-0.3, -0.25) is 14.2 Å². The molecule has 3 aromatic heterocycles. The number of aryl methyl sites for hydroxylation is 1. The molecular formula is C33H42N8O4S. The first-order valence-corrected chi connectivity index (χ1v) is 16.2. The van der Waals surface area contributed by atoms with Crippen molar-refractivity contribution in [3.63, 3.8) is 0 Å². The van der Waals surface area contributed by atoms with Crippen LogP contribution in [0.25, 0.3) is 21.9 Å². The Morgan fingerprint density at radius 2 is 1.80 bits per heavy atom. The van der Waals surface area contributed by atoms with Crippen LogP contribution >= 0.6 is 0 Å². The van der Waals surface area contributed by atoms with Crippen LogP contribution in [0, 0.1) is 13.8 Å². The van der Waals surface area contributed by atoms with Crippen LogP contribution in [-0.2, 0) is 16.6 Å². The number of hydrazone groups is 1. The molecule has 13 heteroatoms. The number of aromatic nitrogens is 4. The van der Waals surface area contributed by atoms with Gasteiger partial charge in [0.1, 0.15) is 17.2 Å². The number of rotatable bonds is 12. The summed E-state index contributed by atoms with van der Waals surface area (Å²) < 4.78 is 28.5. The SMILES string of the molecule is CCCCCN=C(N)N/N=C\c1c[nH]c2ccc(OC)cc12.COc1ccc2nc(S(=O)Cc3ncc(C)c(OC)c3C)[nH]c2c1. The van der Waals surface area contributed by atoms with E-state index in [2.05, 4.69) is 42.4 Å². The average Bonchev–Trinajstić information content (AvgIpc) is 3.68. The van der Waals surface area contributed by atoms with Crippen LogP contribution in [0.15, 0.2) is 64.0 Å². The number of hydrogen-bond acceptors (Lipinski definition) is 8. The van der Waals surface area contributed by atoms with Gasteiger partial charge in [0.05, 0.1) is 60.8 Å². The van der Waals surface area contributed by atoms with Crippen molar-refractivity contribution in [1.29, 1.82) is 0 Å². The fourth-order valence-corrected chi connectivity index (χ4v) is 5.83. The number of nitrogens with zero attached hydrogens (tertiary/aromatic N) is 4. The number of imidazole rings is 1. The Hall–Kier alpha value is -4.91. The number of nitrogens with one attached hydrogen (secondary N) is 3. The number of pyridine rings is 1. The lowest BCUT2D eigenvalue weighted by Crippen LogP contribution is -2.27. The monoisotopic (exact) mass is 646 g/mol. The van der Waals surface area contributed by atoms with Crippen LogP contribution in [0.2, 0.25) is 0 Å². The molecule has 0 spiro atoms. The number of H-pyrrole nitrogens is 2. The van der Waals surface area contributed by atoms with E-state index in [1.165, 1.54) is 6.42 Å². The van der Waals surface area contributed by atoms with Gasteiger partial charge in [-0.1, -0.05) is 19.8 Å². The van der Waals surface area contributed by atoms with E-state index in [0.29, 0.717) is 11.1 Å². The van der Waals surface area contributed by atoms with Gasteiger partial charge in [-0.05, 0) is 50.6 Å². The molecular weight excluding hydrogens is 604 g/mol. The topological polar surface area (TPSA) is 165 Å². The van der Waals surface area contributed by atoms with Crippen LogP contribution in [-0.4, -0.2) is 64.2 Å². The van der Waals surface area contributed by atoms with Crippen LogP contribution < -0.4 is 25.4 Å². The van der Waals surface area contributed by atoms with Gasteiger partial charge in [-0.2, -0.15) is 5.10 Å². The fraction of sp³-hybridized carbons (Fsp3) is 0.333. The second-order valence-corrected chi connectivity index (χ2v) is 11.8. The van der Waals surface area contributed by atoms with Crippen molar-refractivity contribution in [3.8, 4) is 17.2 Å². The Morgan fingerprint density at radius 1 is 1.04 bits per heavy atom. The third kappa shape index (κ3) is 8.62. The molecule has 0 fully saturated rings. The normalized spacial score (nSPS) is 12.3. The molecule has 46 heavy (non-hydrogen) atoms. The van der Waals surface area contributed by atoms with Crippen LogP contribution in [0.4, 0.5) is 0 Å².